The van der Waals surface area contributed by atoms with Crippen molar-refractivity contribution in [1.29, 1.82) is 0 Å². The molecule has 2 aromatic heterocycles. The molecular weight excluding hydrogens is 210 g/mol. The Labute approximate surface area is 103 Å². The first-order chi connectivity index (χ1) is 7.97. The van der Waals surface area contributed by atoms with Crippen LogP contribution in [0.3, 0.4) is 0 Å². The summed E-state index contributed by atoms with van der Waals surface area (Å²) in [6.07, 6.45) is 1.01. The molecule has 0 spiro atoms. The largest absolute Gasteiger partial charge is 0.340 e. The molecule has 0 fully saturated rings. The van der Waals surface area contributed by atoms with Gasteiger partial charge in [-0.25, -0.2) is 9.97 Å². The number of imidazole rings is 1. The highest BCUT2D eigenvalue weighted by Gasteiger charge is 2.11. The summed E-state index contributed by atoms with van der Waals surface area (Å²) in [7, 11) is 0. The van der Waals surface area contributed by atoms with Gasteiger partial charge in [-0.3, -0.25) is 0 Å². The van der Waals surface area contributed by atoms with E-state index in [0.717, 1.165) is 29.1 Å². The zero-order valence-corrected chi connectivity index (χ0v) is 11.3. The molecule has 3 nitrogen and oxygen atoms in total. The summed E-state index contributed by atoms with van der Waals surface area (Å²) in [6, 6.07) is 2.17. The van der Waals surface area contributed by atoms with Crippen molar-refractivity contribution < 1.29 is 0 Å². The normalized spacial score (nSPS) is 11.9. The van der Waals surface area contributed by atoms with Gasteiger partial charge in [-0.05, 0) is 30.9 Å². The lowest BCUT2D eigenvalue weighted by molar-refractivity contribution is 0.636. The lowest BCUT2D eigenvalue weighted by atomic mass is 10.1. The molecule has 0 atom stereocenters. The van der Waals surface area contributed by atoms with Crippen LogP contribution >= 0.6 is 0 Å². The lowest BCUT2D eigenvalue weighted by Crippen LogP contribution is -1.98. The number of H-pyrrole nitrogens is 1. The second-order valence-electron chi connectivity index (χ2n) is 5.50. The molecule has 0 saturated carbocycles. The van der Waals surface area contributed by atoms with E-state index in [1.165, 1.54) is 5.56 Å². The first-order valence-corrected chi connectivity index (χ1v) is 6.33. The maximum absolute atomic E-state index is 4.64. The highest BCUT2D eigenvalue weighted by Crippen LogP contribution is 2.20. The number of hydrogen-bond donors (Lipinski definition) is 1. The molecule has 0 aliphatic heterocycles. The molecule has 0 saturated heterocycles. The van der Waals surface area contributed by atoms with Crippen molar-refractivity contribution in [3.05, 3.63) is 23.1 Å². The minimum Gasteiger partial charge on any atom is -0.340 e. The summed E-state index contributed by atoms with van der Waals surface area (Å²) >= 11 is 0. The van der Waals surface area contributed by atoms with Crippen LogP contribution in [0.15, 0.2) is 6.07 Å². The molecule has 0 radical (unpaired) electrons. The average Bonchev–Trinajstić information content (AvgIpc) is 2.60. The second kappa shape index (κ2) is 4.47. The van der Waals surface area contributed by atoms with Crippen LogP contribution in [0.4, 0.5) is 0 Å². The van der Waals surface area contributed by atoms with E-state index in [2.05, 4.69) is 55.6 Å². The van der Waals surface area contributed by atoms with Crippen molar-refractivity contribution in [1.82, 2.24) is 15.0 Å². The van der Waals surface area contributed by atoms with Gasteiger partial charge in [0.05, 0.1) is 5.52 Å². The molecule has 2 rings (SSSR count). The summed E-state index contributed by atoms with van der Waals surface area (Å²) in [6.45, 7) is 10.8. The molecule has 0 aromatic carbocycles. The Morgan fingerprint density at radius 2 is 1.88 bits per heavy atom. The van der Waals surface area contributed by atoms with Crippen LogP contribution in [0, 0.1) is 12.8 Å². The van der Waals surface area contributed by atoms with Gasteiger partial charge in [0, 0.05) is 11.6 Å². The van der Waals surface area contributed by atoms with Crippen LogP contribution in [0.1, 0.15) is 50.7 Å². The Kier molecular flexibility index (Phi) is 3.18. The Balaban J connectivity index is 2.49. The van der Waals surface area contributed by atoms with Gasteiger partial charge in [-0.1, -0.05) is 27.7 Å². The Morgan fingerprint density at radius 1 is 1.18 bits per heavy atom. The molecule has 92 valence electrons. The molecule has 3 heteroatoms. The Hall–Kier alpha value is -1.38. The molecule has 2 heterocycles. The molecule has 17 heavy (non-hydrogen) atoms. The number of pyridine rings is 1. The van der Waals surface area contributed by atoms with E-state index in [4.69, 9.17) is 0 Å². The van der Waals surface area contributed by atoms with Crippen LogP contribution in [-0.2, 0) is 6.42 Å². The fourth-order valence-electron chi connectivity index (χ4n) is 2.02. The summed E-state index contributed by atoms with van der Waals surface area (Å²) in [5.41, 5.74) is 4.34. The van der Waals surface area contributed by atoms with Crippen LogP contribution in [0.2, 0.25) is 0 Å². The number of aromatic nitrogens is 3. The first-order valence-electron chi connectivity index (χ1n) is 6.33. The Bertz CT molecular complexity index is 523. The lowest BCUT2D eigenvalue weighted by Gasteiger charge is -2.05. The Morgan fingerprint density at radius 3 is 2.47 bits per heavy atom. The number of nitrogens with zero attached hydrogens (tertiary/aromatic N) is 2. The third-order valence-electron chi connectivity index (χ3n) is 2.89. The van der Waals surface area contributed by atoms with E-state index in [1.54, 1.807) is 0 Å². The SMILES string of the molecule is Cc1cc(CC(C)C)nc2nc(C(C)C)[nH]c12. The fraction of sp³-hybridized carbons (Fsp3) is 0.571. The van der Waals surface area contributed by atoms with Crippen molar-refractivity contribution in [2.24, 2.45) is 5.92 Å². The molecule has 0 bridgehead atoms. The predicted octanol–water partition coefficient (Wildman–Crippen LogP) is 3.59. The molecule has 2 aromatic rings. The van der Waals surface area contributed by atoms with Gasteiger partial charge in [0.2, 0.25) is 0 Å². The van der Waals surface area contributed by atoms with Crippen molar-refractivity contribution in [2.75, 3.05) is 0 Å². The van der Waals surface area contributed by atoms with Crippen LogP contribution in [0.25, 0.3) is 11.2 Å². The third-order valence-corrected chi connectivity index (χ3v) is 2.89. The van der Waals surface area contributed by atoms with Crippen molar-refractivity contribution in [3.8, 4) is 0 Å². The van der Waals surface area contributed by atoms with E-state index in [1.807, 2.05) is 0 Å². The highest BCUT2D eigenvalue weighted by molar-refractivity contribution is 5.75. The maximum atomic E-state index is 4.64. The summed E-state index contributed by atoms with van der Waals surface area (Å²) in [5, 5.41) is 0. The van der Waals surface area contributed by atoms with Crippen molar-refractivity contribution >= 4 is 11.2 Å². The van der Waals surface area contributed by atoms with Gasteiger partial charge in [-0.15, -0.1) is 0 Å². The minimum atomic E-state index is 0.414. The monoisotopic (exact) mass is 231 g/mol. The van der Waals surface area contributed by atoms with Crippen LogP contribution in [0.5, 0.6) is 0 Å². The number of aryl methyl sites for hydroxylation is 1. The molecule has 0 aliphatic carbocycles. The number of aromatic amines is 1. The fourth-order valence-corrected chi connectivity index (χ4v) is 2.02. The quantitative estimate of drug-likeness (QED) is 0.877. The zero-order chi connectivity index (χ0) is 12.6. The van der Waals surface area contributed by atoms with E-state index >= 15 is 0 Å². The van der Waals surface area contributed by atoms with Gasteiger partial charge in [0.25, 0.3) is 0 Å². The van der Waals surface area contributed by atoms with Gasteiger partial charge in [0.15, 0.2) is 5.65 Å². The number of fused-ring (bicyclic) bond motifs is 1. The van der Waals surface area contributed by atoms with Crippen molar-refractivity contribution in [2.45, 2.75) is 47.0 Å². The van der Waals surface area contributed by atoms with E-state index in [0.29, 0.717) is 11.8 Å². The standard InChI is InChI=1S/C14H21N3/c1-8(2)6-11-7-10(5)12-14(15-11)17-13(16-12)9(3)4/h7-9H,6H2,1-5H3,(H,15,16,17). The van der Waals surface area contributed by atoms with Crippen LogP contribution < -0.4 is 0 Å². The van der Waals surface area contributed by atoms with Gasteiger partial charge in [-0.2, -0.15) is 0 Å². The summed E-state index contributed by atoms with van der Waals surface area (Å²) in [5.74, 6) is 2.07. The van der Waals surface area contributed by atoms with E-state index in [9.17, 15) is 0 Å². The van der Waals surface area contributed by atoms with Gasteiger partial charge in [0.1, 0.15) is 5.82 Å². The predicted molar refractivity (Wildman–Crippen MR) is 71.3 cm³/mol. The average molecular weight is 231 g/mol. The van der Waals surface area contributed by atoms with E-state index < -0.39 is 0 Å². The van der Waals surface area contributed by atoms with Gasteiger partial charge < -0.3 is 4.98 Å². The second-order valence-corrected chi connectivity index (χ2v) is 5.50. The van der Waals surface area contributed by atoms with Gasteiger partial charge >= 0.3 is 0 Å². The molecule has 0 amide bonds. The third kappa shape index (κ3) is 2.48. The number of nitrogens with one attached hydrogen (secondary N) is 1. The minimum absolute atomic E-state index is 0.414. The number of rotatable bonds is 3. The van der Waals surface area contributed by atoms with Crippen LogP contribution in [-0.4, -0.2) is 15.0 Å². The topological polar surface area (TPSA) is 41.6 Å². The summed E-state index contributed by atoms with van der Waals surface area (Å²) < 4.78 is 0. The molecule has 0 unspecified atom stereocenters. The molecular formula is C14H21N3. The summed E-state index contributed by atoms with van der Waals surface area (Å²) in [4.78, 5) is 12.6. The molecule has 0 aliphatic rings. The van der Waals surface area contributed by atoms with Crippen molar-refractivity contribution in [3.63, 3.8) is 0 Å². The first kappa shape index (κ1) is 12.1. The smallest absolute Gasteiger partial charge is 0.178 e. The highest BCUT2D eigenvalue weighted by atomic mass is 15.0. The maximum Gasteiger partial charge on any atom is 0.178 e. The molecule has 1 N–H and O–H groups in total. The zero-order valence-electron chi connectivity index (χ0n) is 11.3. The number of hydrogen-bond acceptors (Lipinski definition) is 2. The van der Waals surface area contributed by atoms with E-state index in [-0.39, 0.29) is 0 Å².